The zero-order valence-corrected chi connectivity index (χ0v) is 76.1. The minimum absolute atomic E-state index is 0.130. The summed E-state index contributed by atoms with van der Waals surface area (Å²) in [5, 5.41) is 189. The Morgan fingerprint density at radius 3 is 0.820 bits per heavy atom. The number of nitrogens with two attached hydrogens (primary N) is 1. The summed E-state index contributed by atoms with van der Waals surface area (Å²) in [4.78, 5) is 30.0. The number of pyridine rings is 5. The number of nitrogen functional groups attached to an aromatic ring is 1. The lowest BCUT2D eigenvalue weighted by atomic mass is 9.93. The van der Waals surface area contributed by atoms with Gasteiger partial charge in [-0.1, -0.05) is 52.9 Å². The molecule has 0 unspecified atom stereocenters. The molecule has 2 saturated carbocycles. The maximum atomic E-state index is 10.6. The van der Waals surface area contributed by atoms with Gasteiger partial charge < -0.3 is 153 Å². The van der Waals surface area contributed by atoms with Crippen LogP contribution < -0.4 is 5.73 Å². The summed E-state index contributed by atoms with van der Waals surface area (Å²) in [5.74, 6) is 0.403. The van der Waals surface area contributed by atoms with Crippen LogP contribution in [-0.4, -0.2) is 301 Å². The molecule has 8 aliphatic rings. The maximum Gasteiger partial charge on any atom is 0.222 e. The molecule has 6 aliphatic heterocycles. The van der Waals surface area contributed by atoms with Gasteiger partial charge in [-0.15, -0.1) is 0 Å². The monoisotopic (exact) mass is 1850 g/mol. The Hall–Kier alpha value is -9.09. The van der Waals surface area contributed by atoms with Crippen LogP contribution >= 0.6 is 0 Å². The average molecular weight is 1850 g/mol. The average Bonchev–Trinajstić information content (AvgIpc) is 1.64. The second-order valence-electron chi connectivity index (χ2n) is 36.5. The molecule has 0 bridgehead atoms. The van der Waals surface area contributed by atoms with Crippen molar-refractivity contribution in [1.29, 1.82) is 0 Å². The molecule has 20 rings (SSSR count). The van der Waals surface area contributed by atoms with Crippen molar-refractivity contribution in [1.82, 2.24) is 62.3 Å². The highest BCUT2D eigenvalue weighted by molar-refractivity contribution is 5.83. The summed E-state index contributed by atoms with van der Waals surface area (Å²) < 4.78 is 44.8. The number of aliphatic hydroxyl groups excluding tert-OH is 18. The largest absolute Gasteiger partial charge is 0.391 e. The van der Waals surface area contributed by atoms with Crippen molar-refractivity contribution < 1.29 is 120 Å². The Morgan fingerprint density at radius 2 is 0.556 bits per heavy atom. The van der Waals surface area contributed by atoms with E-state index in [0.717, 1.165) is 124 Å². The zero-order valence-electron chi connectivity index (χ0n) is 76.1. The quantitative estimate of drug-likeness (QED) is 0.0540. The molecular weight excluding hydrogens is 1720 g/mol. The van der Waals surface area contributed by atoms with Crippen LogP contribution in [0.1, 0.15) is 176 Å². The van der Waals surface area contributed by atoms with Gasteiger partial charge in [0.1, 0.15) is 144 Å². The Morgan fingerprint density at radius 1 is 0.316 bits per heavy atom. The van der Waals surface area contributed by atoms with Crippen molar-refractivity contribution in [2.75, 3.05) is 5.73 Å². The highest BCUT2D eigenvalue weighted by Gasteiger charge is 2.54. The number of aliphatic hydroxyl groups is 18. The van der Waals surface area contributed by atoms with Crippen molar-refractivity contribution in [3.05, 3.63) is 168 Å². The van der Waals surface area contributed by atoms with Gasteiger partial charge in [0.05, 0.1) is 42.3 Å². The number of anilines is 1. The van der Waals surface area contributed by atoms with E-state index in [1.807, 2.05) is 128 Å². The topological polar surface area (TPSA) is 565 Å². The Bertz CT molecular complexity index is 5640. The van der Waals surface area contributed by atoms with Crippen LogP contribution in [0.4, 0.5) is 5.95 Å². The molecule has 20 N–H and O–H groups in total. The van der Waals surface area contributed by atoms with Crippen LogP contribution in [0.25, 0.3) is 66.2 Å². The highest BCUT2D eigenvalue weighted by Crippen LogP contribution is 2.44. The molecule has 133 heavy (non-hydrogen) atoms. The number of nitrogens with zero attached hydrogens (tertiary/aromatic N) is 13. The molecule has 12 aromatic heterocycles. The molecule has 0 aromatic carbocycles. The number of ether oxygens (including phenoxy) is 6. The van der Waals surface area contributed by atoms with Crippen LogP contribution in [0.15, 0.2) is 135 Å². The molecule has 722 valence electrons. The SMILES string of the molecule is CCC[C@@H](O)[C@H]1O[C@@H](n2ccc3c(C)nc(N)nc32)[C@H](O)[C@@H]1O.CC[C@@H](O)[C@H]1O[C@@H](n2ccc3c(C)ccnc32)[C@H](O)[C@@H]1O.CC[C@H](O)[C@H]1O[C@@H](n2ccc3c(C)ccnc32)[C@H](O)[C@@H]1O.Cc1ccnc2c1ccn2[C@@H]1O[C@H]([C@@H](C)O)[C@@H](O)[C@H]1O.Cc1ccnc2c1ccn2[C@@H]1O[C@H]([C@@H](O)C2CCCC2)[C@@H](O)[C@H]1O.Cc1ccnc2c1ccn2[C@@H]1O[C@H]([C@H](O)C2CCCC2)[C@@H](O)[C@H]1O. The third-order valence-corrected chi connectivity index (χ3v) is 27.7. The molecule has 12 aromatic rings. The normalized spacial score (nSPS) is 31.4. The van der Waals surface area contributed by atoms with E-state index in [0.29, 0.717) is 53.1 Å². The van der Waals surface area contributed by atoms with Crippen molar-refractivity contribution in [2.24, 2.45) is 11.8 Å². The number of hydrogen-bond acceptors (Lipinski definition) is 32. The van der Waals surface area contributed by atoms with Crippen LogP contribution in [-0.2, 0) is 28.4 Å². The first kappa shape index (κ1) is 98.4. The van der Waals surface area contributed by atoms with E-state index in [9.17, 15) is 91.9 Å². The molecular formula is C95H128N14O24. The number of rotatable bonds is 18. The summed E-state index contributed by atoms with van der Waals surface area (Å²) >= 11 is 0. The van der Waals surface area contributed by atoms with Gasteiger partial charge >= 0.3 is 0 Å². The predicted molar refractivity (Wildman–Crippen MR) is 486 cm³/mol. The minimum Gasteiger partial charge on any atom is -0.391 e. The van der Waals surface area contributed by atoms with E-state index in [1.165, 1.54) is 6.92 Å². The predicted octanol–water partition coefficient (Wildman–Crippen LogP) is 4.95. The van der Waals surface area contributed by atoms with Gasteiger partial charge in [-0.05, 0) is 200 Å². The third kappa shape index (κ3) is 19.5. The van der Waals surface area contributed by atoms with Crippen molar-refractivity contribution in [3.63, 3.8) is 0 Å². The maximum absolute atomic E-state index is 10.6. The minimum atomic E-state index is -1.17. The number of hydrogen-bond donors (Lipinski definition) is 19. The smallest absolute Gasteiger partial charge is 0.222 e. The Labute approximate surface area is 767 Å². The summed E-state index contributed by atoms with van der Waals surface area (Å²) in [6.07, 6.45) is 1.96. The summed E-state index contributed by atoms with van der Waals surface area (Å²) in [5.41, 5.74) is 15.9. The molecule has 6 saturated heterocycles. The van der Waals surface area contributed by atoms with Gasteiger partial charge in [-0.25, -0.2) is 29.9 Å². The molecule has 30 atom stereocenters. The van der Waals surface area contributed by atoms with E-state index in [-0.39, 0.29) is 17.8 Å². The zero-order chi connectivity index (χ0) is 95.1. The van der Waals surface area contributed by atoms with E-state index in [1.54, 1.807) is 97.0 Å². The fraction of sp³-hybridized carbons (Fsp3) is 0.568. The second kappa shape index (κ2) is 41.9. The van der Waals surface area contributed by atoms with Gasteiger partial charge in [0.15, 0.2) is 37.4 Å². The molecule has 38 nitrogen and oxygen atoms in total. The second-order valence-corrected chi connectivity index (χ2v) is 36.5. The van der Waals surface area contributed by atoms with Gasteiger partial charge in [0.2, 0.25) is 5.95 Å². The summed E-state index contributed by atoms with van der Waals surface area (Å²) in [6.45, 7) is 18.8. The number of aryl methyl sites for hydroxylation is 6. The van der Waals surface area contributed by atoms with Crippen LogP contribution in [0.2, 0.25) is 0 Å². The van der Waals surface area contributed by atoms with Gasteiger partial charge in [0, 0.05) is 100 Å². The lowest BCUT2D eigenvalue weighted by Gasteiger charge is -2.25. The van der Waals surface area contributed by atoms with Crippen LogP contribution in [0, 0.1) is 53.4 Å². The molecule has 0 spiro atoms. The molecule has 18 heterocycles. The Balaban J connectivity index is 0.000000122. The standard InChI is InChI=1S/2C18H24N2O4.C15H22N4O4.2C15H20N2O4.C14H18N2O4/c2*1-10-6-8-19-17-12(10)7-9-20(17)18-15(23)14(22)16(24-18)13(21)11-4-2-3-5-11;1-3-4-9(20)12-10(21)11(22)14(23-12)19-6-5-8-7(2)17-15(16)18-13(8)19;2*1-3-10(18)13-11(19)12(20)15(21-13)17-7-5-9-8(2)4-6-16-14(9)17;1-7-3-5-15-13-9(7)4-6-16(13)14-11(19)10(18)12(20-14)8(2)17/h2*6-9,11,13-16,18,21-23H,2-5H2,1H3;5-6,9-12,14,20-22H,3-4H2,1-2H3,(H2,16,17,18);2*4-7,10-13,15,18-20H,3H2,1-2H3;3-6,8,10-12,14,17-19H,1-2H3/t13-,14+,15-,16-,18-;13-,14-,15+,16+,18+;9-,10+,11-,12-,14-;10-,11+,12-,13-,15-;10-,11-,12+,13+,15+;8-,10+,11-,12-,14-/m101101/s1. The van der Waals surface area contributed by atoms with E-state index in [2.05, 4.69) is 34.9 Å². The van der Waals surface area contributed by atoms with E-state index >= 15 is 0 Å². The first-order chi connectivity index (χ1) is 63.7. The van der Waals surface area contributed by atoms with Gasteiger partial charge in [0.25, 0.3) is 0 Å². The Kier molecular flexibility index (Phi) is 31.0. The van der Waals surface area contributed by atoms with E-state index < -0.39 is 184 Å². The first-order valence-corrected chi connectivity index (χ1v) is 46.1. The first-order valence-electron chi connectivity index (χ1n) is 46.1. The van der Waals surface area contributed by atoms with Crippen LogP contribution in [0.3, 0.4) is 0 Å². The molecule has 2 aliphatic carbocycles. The summed E-state index contributed by atoms with van der Waals surface area (Å²) in [7, 11) is 0. The number of fused-ring (bicyclic) bond motifs is 6. The third-order valence-electron chi connectivity index (χ3n) is 27.7. The molecule has 8 fully saturated rings. The van der Waals surface area contributed by atoms with Gasteiger partial charge in [-0.2, -0.15) is 4.98 Å². The van der Waals surface area contributed by atoms with Gasteiger partial charge in [-0.3, -0.25) is 0 Å². The lowest BCUT2D eigenvalue weighted by molar-refractivity contribution is -0.0997. The fourth-order valence-electron chi connectivity index (χ4n) is 19.9. The highest BCUT2D eigenvalue weighted by atomic mass is 16.6. The summed E-state index contributed by atoms with van der Waals surface area (Å²) in [6, 6.07) is 21.0. The molecule has 0 amide bonds. The van der Waals surface area contributed by atoms with Crippen LogP contribution in [0.5, 0.6) is 0 Å². The van der Waals surface area contributed by atoms with E-state index in [4.69, 9.17) is 34.2 Å². The van der Waals surface area contributed by atoms with Crippen molar-refractivity contribution >= 4 is 72.1 Å². The van der Waals surface area contributed by atoms with Crippen molar-refractivity contribution in [2.45, 2.75) is 330 Å². The lowest BCUT2D eigenvalue weighted by Crippen LogP contribution is -2.41. The molecule has 0 radical (unpaired) electrons. The fourth-order valence-corrected chi connectivity index (χ4v) is 19.9. The number of aromatic nitrogens is 13. The molecule has 38 heteroatoms. The van der Waals surface area contributed by atoms with Crippen molar-refractivity contribution in [3.8, 4) is 0 Å².